The molecule has 0 spiro atoms. The van der Waals surface area contributed by atoms with Crippen molar-refractivity contribution in [3.05, 3.63) is 34.8 Å². The topological polar surface area (TPSA) is 37.8 Å². The van der Waals surface area contributed by atoms with E-state index in [9.17, 15) is 0 Å². The lowest BCUT2D eigenvalue weighted by Crippen LogP contribution is -2.16. The fourth-order valence-corrected chi connectivity index (χ4v) is 2.91. The first kappa shape index (κ1) is 15.1. The Labute approximate surface area is 125 Å². The highest BCUT2D eigenvalue weighted by Crippen LogP contribution is 2.24. The number of benzene rings is 1. The second kappa shape index (κ2) is 8.12. The van der Waals surface area contributed by atoms with Crippen LogP contribution in [-0.4, -0.2) is 23.3 Å². The van der Waals surface area contributed by atoms with Crippen LogP contribution in [0.25, 0.3) is 10.6 Å². The molecule has 1 aromatic heterocycles. The summed E-state index contributed by atoms with van der Waals surface area (Å²) in [5.41, 5.74) is 2.54. The zero-order valence-electron chi connectivity index (χ0n) is 12.4. The van der Waals surface area contributed by atoms with Gasteiger partial charge in [-0.15, -0.1) is 10.2 Å². The maximum absolute atomic E-state index is 4.31. The van der Waals surface area contributed by atoms with E-state index in [1.54, 1.807) is 11.3 Å². The predicted molar refractivity (Wildman–Crippen MR) is 86.2 cm³/mol. The van der Waals surface area contributed by atoms with Gasteiger partial charge in [-0.2, -0.15) is 0 Å². The molecular weight excluding hydrogens is 266 g/mol. The number of hydrogen-bond acceptors (Lipinski definition) is 4. The Morgan fingerprint density at radius 1 is 1.05 bits per heavy atom. The molecular formula is C16H23N3S. The summed E-state index contributed by atoms with van der Waals surface area (Å²) in [5, 5.41) is 14.2. The summed E-state index contributed by atoms with van der Waals surface area (Å²) in [7, 11) is 0. The predicted octanol–water partition coefficient (Wildman–Crippen LogP) is 3.70. The molecule has 2 rings (SSSR count). The minimum absolute atomic E-state index is 1.02. The minimum atomic E-state index is 1.02. The van der Waals surface area contributed by atoms with Crippen LogP contribution in [-0.2, 0) is 12.8 Å². The Bertz CT molecular complexity index is 505. The molecule has 0 fully saturated rings. The van der Waals surface area contributed by atoms with Gasteiger partial charge in [-0.05, 0) is 37.9 Å². The highest BCUT2D eigenvalue weighted by Gasteiger charge is 2.06. The summed E-state index contributed by atoms with van der Waals surface area (Å²) in [6.45, 7) is 6.53. The van der Waals surface area contributed by atoms with E-state index in [2.05, 4.69) is 53.6 Å². The molecule has 108 valence electrons. The first-order chi connectivity index (χ1) is 9.83. The van der Waals surface area contributed by atoms with E-state index < -0.39 is 0 Å². The lowest BCUT2D eigenvalue weighted by Gasteiger charge is -2.00. The Kier molecular flexibility index (Phi) is 6.15. The average Bonchev–Trinajstić information content (AvgIpc) is 2.96. The Balaban J connectivity index is 1.87. The molecule has 0 bridgehead atoms. The van der Waals surface area contributed by atoms with Gasteiger partial charge in [0.25, 0.3) is 0 Å². The van der Waals surface area contributed by atoms with E-state index in [0.29, 0.717) is 0 Å². The fraction of sp³-hybridized carbons (Fsp3) is 0.500. The van der Waals surface area contributed by atoms with E-state index in [0.717, 1.165) is 42.4 Å². The molecule has 0 aliphatic heterocycles. The van der Waals surface area contributed by atoms with E-state index in [1.165, 1.54) is 17.5 Å². The Morgan fingerprint density at radius 2 is 1.85 bits per heavy atom. The summed E-state index contributed by atoms with van der Waals surface area (Å²) in [4.78, 5) is 0. The quantitative estimate of drug-likeness (QED) is 0.753. The van der Waals surface area contributed by atoms with Crippen LogP contribution in [0, 0.1) is 0 Å². The molecule has 4 heteroatoms. The second-order valence-corrected chi connectivity index (χ2v) is 5.97. The normalized spacial score (nSPS) is 10.9. The van der Waals surface area contributed by atoms with Crippen molar-refractivity contribution in [3.63, 3.8) is 0 Å². The SMILES string of the molecule is CCCNCCCc1nnc(-c2ccc(CC)cc2)s1. The number of hydrogen-bond donors (Lipinski definition) is 1. The highest BCUT2D eigenvalue weighted by atomic mass is 32.1. The van der Waals surface area contributed by atoms with Gasteiger partial charge in [-0.25, -0.2) is 0 Å². The van der Waals surface area contributed by atoms with Crippen molar-refractivity contribution in [2.45, 2.75) is 39.5 Å². The molecule has 1 N–H and O–H groups in total. The van der Waals surface area contributed by atoms with Gasteiger partial charge in [0.15, 0.2) is 0 Å². The third-order valence-electron chi connectivity index (χ3n) is 3.25. The van der Waals surface area contributed by atoms with E-state index >= 15 is 0 Å². The molecule has 0 unspecified atom stereocenters. The molecule has 0 amide bonds. The van der Waals surface area contributed by atoms with Crippen molar-refractivity contribution < 1.29 is 0 Å². The maximum Gasteiger partial charge on any atom is 0.147 e. The van der Waals surface area contributed by atoms with Crippen LogP contribution >= 0.6 is 11.3 Å². The van der Waals surface area contributed by atoms with Gasteiger partial charge in [-0.1, -0.05) is 49.4 Å². The van der Waals surface area contributed by atoms with Crippen LogP contribution in [0.4, 0.5) is 0 Å². The second-order valence-electron chi connectivity index (χ2n) is 4.90. The van der Waals surface area contributed by atoms with Crippen molar-refractivity contribution >= 4 is 11.3 Å². The van der Waals surface area contributed by atoms with Crippen molar-refractivity contribution in [3.8, 4) is 10.6 Å². The summed E-state index contributed by atoms with van der Waals surface area (Å²) in [6.07, 6.45) is 4.41. The van der Waals surface area contributed by atoms with Crippen LogP contribution in [0.2, 0.25) is 0 Å². The third kappa shape index (κ3) is 4.39. The minimum Gasteiger partial charge on any atom is -0.317 e. The van der Waals surface area contributed by atoms with Crippen molar-refractivity contribution in [2.75, 3.05) is 13.1 Å². The smallest absolute Gasteiger partial charge is 0.147 e. The molecule has 3 nitrogen and oxygen atoms in total. The molecule has 0 atom stereocenters. The number of nitrogens with one attached hydrogen (secondary N) is 1. The van der Waals surface area contributed by atoms with Crippen LogP contribution in [0.1, 0.15) is 37.3 Å². The lowest BCUT2D eigenvalue weighted by molar-refractivity contribution is 0.637. The summed E-state index contributed by atoms with van der Waals surface area (Å²) < 4.78 is 0. The first-order valence-electron chi connectivity index (χ1n) is 7.46. The molecule has 1 heterocycles. The summed E-state index contributed by atoms with van der Waals surface area (Å²) in [5.74, 6) is 0. The van der Waals surface area contributed by atoms with Gasteiger partial charge in [0.05, 0.1) is 0 Å². The molecule has 1 aromatic carbocycles. The molecule has 2 aromatic rings. The Morgan fingerprint density at radius 3 is 2.55 bits per heavy atom. The zero-order chi connectivity index (χ0) is 14.2. The largest absolute Gasteiger partial charge is 0.317 e. The van der Waals surface area contributed by atoms with Gasteiger partial charge in [0.1, 0.15) is 10.0 Å². The number of nitrogens with zero attached hydrogens (tertiary/aromatic N) is 2. The lowest BCUT2D eigenvalue weighted by atomic mass is 10.1. The van der Waals surface area contributed by atoms with Crippen LogP contribution in [0.5, 0.6) is 0 Å². The Hall–Kier alpha value is -1.26. The number of aromatic nitrogens is 2. The van der Waals surface area contributed by atoms with E-state index in [-0.39, 0.29) is 0 Å². The number of aryl methyl sites for hydroxylation is 2. The monoisotopic (exact) mass is 289 g/mol. The highest BCUT2D eigenvalue weighted by molar-refractivity contribution is 7.14. The molecule has 0 saturated heterocycles. The van der Waals surface area contributed by atoms with Crippen molar-refractivity contribution in [1.82, 2.24) is 15.5 Å². The zero-order valence-corrected chi connectivity index (χ0v) is 13.2. The van der Waals surface area contributed by atoms with Crippen LogP contribution in [0.3, 0.4) is 0 Å². The van der Waals surface area contributed by atoms with Gasteiger partial charge in [-0.3, -0.25) is 0 Å². The van der Waals surface area contributed by atoms with Crippen LogP contribution < -0.4 is 5.32 Å². The number of rotatable bonds is 8. The fourth-order valence-electron chi connectivity index (χ4n) is 2.02. The van der Waals surface area contributed by atoms with Gasteiger partial charge in [0, 0.05) is 12.0 Å². The average molecular weight is 289 g/mol. The van der Waals surface area contributed by atoms with Crippen molar-refractivity contribution in [1.29, 1.82) is 0 Å². The van der Waals surface area contributed by atoms with Gasteiger partial charge in [0.2, 0.25) is 0 Å². The molecule has 0 aliphatic rings. The van der Waals surface area contributed by atoms with Crippen molar-refractivity contribution in [2.24, 2.45) is 0 Å². The maximum atomic E-state index is 4.31. The van der Waals surface area contributed by atoms with Gasteiger partial charge >= 0.3 is 0 Å². The molecule has 0 saturated carbocycles. The summed E-state index contributed by atoms with van der Waals surface area (Å²) >= 11 is 1.71. The standard InChI is InChI=1S/C16H23N3S/c1-3-11-17-12-5-6-15-18-19-16(20-15)14-9-7-13(4-2)8-10-14/h7-10,17H,3-6,11-12H2,1-2H3. The van der Waals surface area contributed by atoms with Crippen LogP contribution in [0.15, 0.2) is 24.3 Å². The molecule has 20 heavy (non-hydrogen) atoms. The van der Waals surface area contributed by atoms with E-state index in [4.69, 9.17) is 0 Å². The molecule has 0 aliphatic carbocycles. The first-order valence-corrected chi connectivity index (χ1v) is 8.27. The molecule has 0 radical (unpaired) electrons. The third-order valence-corrected chi connectivity index (χ3v) is 4.28. The van der Waals surface area contributed by atoms with E-state index in [1.807, 2.05) is 0 Å². The van der Waals surface area contributed by atoms with Gasteiger partial charge < -0.3 is 5.32 Å². The summed E-state index contributed by atoms with van der Waals surface area (Å²) in [6, 6.07) is 8.63.